The predicted octanol–water partition coefficient (Wildman–Crippen LogP) is 4.57. The third-order valence-electron chi connectivity index (χ3n) is 7.46. The van der Waals surface area contributed by atoms with E-state index in [-0.39, 0.29) is 44.0 Å². The molecular weight excluding hydrogens is 610 g/mol. The van der Waals surface area contributed by atoms with Crippen LogP contribution >= 0.6 is 11.6 Å². The average molecular weight is 648 g/mol. The first-order valence-corrected chi connectivity index (χ1v) is 15.4. The lowest BCUT2D eigenvalue weighted by Crippen LogP contribution is -2.43. The normalized spacial score (nSPS) is 16.1. The summed E-state index contributed by atoms with van der Waals surface area (Å²) in [5.74, 6) is -1.16. The zero-order valence-corrected chi connectivity index (χ0v) is 26.4. The highest BCUT2D eigenvalue weighted by Gasteiger charge is 2.30. The molecule has 0 saturated carbocycles. The second-order valence-electron chi connectivity index (χ2n) is 10.9. The average Bonchev–Trinajstić information content (AvgIpc) is 3.52. The summed E-state index contributed by atoms with van der Waals surface area (Å²) in [5.41, 5.74) is 1.65. The Kier molecular flexibility index (Phi) is 12.7. The lowest BCUT2D eigenvalue weighted by Gasteiger charge is -2.26. The zero-order valence-electron chi connectivity index (χ0n) is 25.7. The number of esters is 2. The molecule has 0 spiro atoms. The number of carbonyl (C=O) groups is 4. The van der Waals surface area contributed by atoms with E-state index in [1.165, 1.54) is 18.0 Å². The smallest absolute Gasteiger partial charge is 0.329 e. The maximum absolute atomic E-state index is 13.4. The molecule has 3 atom stereocenters. The topological polar surface area (TPSA) is 123 Å². The Morgan fingerprint density at radius 2 is 1.78 bits per heavy atom. The summed E-state index contributed by atoms with van der Waals surface area (Å²) in [7, 11) is 1.50. The van der Waals surface area contributed by atoms with Crippen LogP contribution in [0.25, 0.3) is 0 Å². The van der Waals surface area contributed by atoms with Crippen LogP contribution in [0.15, 0.2) is 91.5 Å². The van der Waals surface area contributed by atoms with Gasteiger partial charge in [0.25, 0.3) is 11.8 Å². The van der Waals surface area contributed by atoms with Crippen molar-refractivity contribution in [1.82, 2.24) is 15.5 Å². The van der Waals surface area contributed by atoms with Crippen molar-refractivity contribution in [2.24, 2.45) is 0 Å². The molecule has 3 aromatic rings. The van der Waals surface area contributed by atoms with Gasteiger partial charge in [-0.2, -0.15) is 0 Å². The number of hydrogen-bond donors (Lipinski definition) is 2. The van der Waals surface area contributed by atoms with Crippen LogP contribution in [0.2, 0.25) is 5.02 Å². The highest BCUT2D eigenvalue weighted by Crippen LogP contribution is 2.19. The van der Waals surface area contributed by atoms with Crippen molar-refractivity contribution in [2.45, 2.75) is 44.0 Å². The maximum atomic E-state index is 13.4. The first-order chi connectivity index (χ1) is 22.2. The molecule has 1 heterocycles. The van der Waals surface area contributed by atoms with Crippen molar-refractivity contribution < 1.29 is 33.4 Å². The number of likely N-dealkylation sites (N-methyl/N-ethyl adjacent to an activating group) is 1. The standard InChI is InChI=1S/C35H38ClN3O7/c1-3-18-44-32(40)17-16-31(35(43)46-22-24-8-5-4-6-9-24)39(2)34(42)25-12-14-30(15-13-25)45-23-29-20-28(21-37-29)38-33(41)26-10-7-11-27(36)19-26/h3-15,19,28-29,31,37H,1,16-18,20-23H2,2H3,(H,38,41)/t28-,29+,31+/m1/s1. The van der Waals surface area contributed by atoms with Gasteiger partial charge in [0.2, 0.25) is 0 Å². The fraction of sp³-hybridized carbons (Fsp3) is 0.314. The van der Waals surface area contributed by atoms with Crippen LogP contribution in [0.5, 0.6) is 5.75 Å². The van der Waals surface area contributed by atoms with Crippen molar-refractivity contribution in [3.8, 4) is 5.75 Å². The molecule has 0 aliphatic carbocycles. The second kappa shape index (κ2) is 17.1. The van der Waals surface area contributed by atoms with Gasteiger partial charge in [-0.05, 0) is 60.9 Å². The van der Waals surface area contributed by atoms with Gasteiger partial charge in [-0.1, -0.05) is 60.7 Å². The Morgan fingerprint density at radius 1 is 1.02 bits per heavy atom. The van der Waals surface area contributed by atoms with Crippen LogP contribution in [0.4, 0.5) is 0 Å². The van der Waals surface area contributed by atoms with Crippen LogP contribution in [-0.2, 0) is 25.7 Å². The molecule has 1 aliphatic rings. The van der Waals surface area contributed by atoms with Crippen molar-refractivity contribution in [2.75, 3.05) is 26.8 Å². The van der Waals surface area contributed by atoms with Crippen LogP contribution in [0.3, 0.4) is 0 Å². The number of ether oxygens (including phenoxy) is 3. The number of rotatable bonds is 15. The highest BCUT2D eigenvalue weighted by atomic mass is 35.5. The van der Waals surface area contributed by atoms with E-state index in [0.29, 0.717) is 41.5 Å². The number of nitrogens with zero attached hydrogens (tertiary/aromatic N) is 1. The van der Waals surface area contributed by atoms with Gasteiger partial charge >= 0.3 is 11.9 Å². The molecule has 1 fully saturated rings. The van der Waals surface area contributed by atoms with E-state index >= 15 is 0 Å². The molecule has 4 rings (SSSR count). The summed E-state index contributed by atoms with van der Waals surface area (Å²) in [6, 6.07) is 21.6. The minimum absolute atomic E-state index is 0.0259. The molecule has 0 radical (unpaired) electrons. The molecule has 10 nitrogen and oxygen atoms in total. The van der Waals surface area contributed by atoms with E-state index in [2.05, 4.69) is 17.2 Å². The molecule has 1 saturated heterocycles. The van der Waals surface area contributed by atoms with E-state index in [0.717, 1.165) is 5.56 Å². The first-order valence-electron chi connectivity index (χ1n) is 15.0. The third kappa shape index (κ3) is 10.2. The lowest BCUT2D eigenvalue weighted by atomic mass is 10.1. The maximum Gasteiger partial charge on any atom is 0.329 e. The van der Waals surface area contributed by atoms with E-state index in [1.54, 1.807) is 48.5 Å². The number of amides is 2. The molecule has 2 amide bonds. The van der Waals surface area contributed by atoms with Gasteiger partial charge in [0.1, 0.15) is 31.6 Å². The van der Waals surface area contributed by atoms with Gasteiger partial charge in [-0.15, -0.1) is 0 Å². The first kappa shape index (κ1) is 34.2. The Hall–Kier alpha value is -4.67. The van der Waals surface area contributed by atoms with Gasteiger partial charge < -0.3 is 29.7 Å². The third-order valence-corrected chi connectivity index (χ3v) is 7.70. The monoisotopic (exact) mass is 647 g/mol. The predicted molar refractivity (Wildman–Crippen MR) is 174 cm³/mol. The molecule has 242 valence electrons. The van der Waals surface area contributed by atoms with Crippen molar-refractivity contribution in [3.63, 3.8) is 0 Å². The minimum atomic E-state index is -1.01. The molecule has 0 aromatic heterocycles. The van der Waals surface area contributed by atoms with Gasteiger partial charge in [0.15, 0.2) is 0 Å². The fourth-order valence-corrected chi connectivity index (χ4v) is 5.15. The Morgan fingerprint density at radius 3 is 2.50 bits per heavy atom. The minimum Gasteiger partial charge on any atom is -0.492 e. The number of carbonyl (C=O) groups excluding carboxylic acids is 4. The summed E-state index contributed by atoms with van der Waals surface area (Å²) in [5, 5.41) is 6.88. The van der Waals surface area contributed by atoms with E-state index in [9.17, 15) is 19.2 Å². The van der Waals surface area contributed by atoms with E-state index in [4.69, 9.17) is 25.8 Å². The second-order valence-corrected chi connectivity index (χ2v) is 11.3. The number of hydrogen-bond acceptors (Lipinski definition) is 8. The molecule has 1 aliphatic heterocycles. The van der Waals surface area contributed by atoms with Crippen molar-refractivity contribution in [3.05, 3.63) is 113 Å². The quantitative estimate of drug-likeness (QED) is 0.182. The molecule has 2 N–H and O–H groups in total. The molecular formula is C35H38ClN3O7. The van der Waals surface area contributed by atoms with Gasteiger partial charge in [-0.3, -0.25) is 14.4 Å². The van der Waals surface area contributed by atoms with Crippen molar-refractivity contribution >= 4 is 35.4 Å². The zero-order chi connectivity index (χ0) is 32.9. The van der Waals surface area contributed by atoms with Gasteiger partial charge in [0, 0.05) is 48.2 Å². The summed E-state index contributed by atoms with van der Waals surface area (Å²) in [4.78, 5) is 52.5. The number of halogens is 1. The summed E-state index contributed by atoms with van der Waals surface area (Å²) in [6.45, 7) is 4.60. The van der Waals surface area contributed by atoms with Gasteiger partial charge in [0.05, 0.1) is 0 Å². The molecule has 3 aromatic carbocycles. The van der Waals surface area contributed by atoms with E-state index < -0.39 is 23.9 Å². The molecule has 46 heavy (non-hydrogen) atoms. The number of benzene rings is 3. The van der Waals surface area contributed by atoms with E-state index in [1.807, 2.05) is 30.3 Å². The Bertz CT molecular complexity index is 1500. The fourth-order valence-electron chi connectivity index (χ4n) is 4.96. The van der Waals surface area contributed by atoms with Crippen LogP contribution in [0.1, 0.15) is 45.5 Å². The largest absolute Gasteiger partial charge is 0.492 e. The van der Waals surface area contributed by atoms with Crippen LogP contribution < -0.4 is 15.4 Å². The van der Waals surface area contributed by atoms with Crippen LogP contribution in [0, 0.1) is 0 Å². The molecule has 0 bridgehead atoms. The van der Waals surface area contributed by atoms with Crippen LogP contribution in [-0.4, -0.2) is 73.6 Å². The summed E-state index contributed by atoms with van der Waals surface area (Å²) >= 11 is 6.00. The molecule has 0 unspecified atom stereocenters. The van der Waals surface area contributed by atoms with Gasteiger partial charge in [-0.25, -0.2) is 4.79 Å². The highest BCUT2D eigenvalue weighted by molar-refractivity contribution is 6.31. The Balaban J connectivity index is 1.30. The SMILES string of the molecule is C=CCOC(=O)CC[C@@H](C(=O)OCc1ccccc1)N(C)C(=O)c1ccc(OC[C@@H]2C[C@@H](NC(=O)c3cccc(Cl)c3)CN2)cc1. The summed E-state index contributed by atoms with van der Waals surface area (Å²) < 4.78 is 16.5. The number of nitrogens with one attached hydrogen (secondary N) is 2. The Labute approximate surface area is 273 Å². The van der Waals surface area contributed by atoms with Crippen molar-refractivity contribution in [1.29, 1.82) is 0 Å². The summed E-state index contributed by atoms with van der Waals surface area (Å²) in [6.07, 6.45) is 2.10. The lowest BCUT2D eigenvalue weighted by molar-refractivity contribution is -0.151. The molecule has 11 heteroatoms.